The lowest BCUT2D eigenvalue weighted by Gasteiger charge is -2.34. The third kappa shape index (κ3) is 4.08. The van der Waals surface area contributed by atoms with Crippen molar-refractivity contribution in [3.05, 3.63) is 45.1 Å². The van der Waals surface area contributed by atoms with E-state index < -0.39 is 0 Å². The van der Waals surface area contributed by atoms with Gasteiger partial charge in [0.2, 0.25) is 0 Å². The zero-order valence-corrected chi connectivity index (χ0v) is 15.9. The van der Waals surface area contributed by atoms with E-state index in [9.17, 15) is 4.79 Å². The van der Waals surface area contributed by atoms with E-state index in [4.69, 9.17) is 21.1 Å². The molecule has 7 heteroatoms. The predicted molar refractivity (Wildman–Crippen MR) is 100 cm³/mol. The summed E-state index contributed by atoms with van der Waals surface area (Å²) in [6.45, 7) is 4.07. The Morgan fingerprint density at radius 1 is 1.20 bits per heavy atom. The highest BCUT2D eigenvalue weighted by Crippen LogP contribution is 2.36. The molecule has 1 aromatic heterocycles. The maximum absolute atomic E-state index is 12.8. The van der Waals surface area contributed by atoms with Gasteiger partial charge in [0.15, 0.2) is 11.5 Å². The smallest absolute Gasteiger partial charge is 0.254 e. The Morgan fingerprint density at radius 3 is 2.56 bits per heavy atom. The van der Waals surface area contributed by atoms with Crippen molar-refractivity contribution in [2.75, 3.05) is 40.4 Å². The first-order valence-electron chi connectivity index (χ1n) is 8.06. The molecule has 134 valence electrons. The first-order chi connectivity index (χ1) is 12.1. The summed E-state index contributed by atoms with van der Waals surface area (Å²) in [5.74, 6) is 0.883. The van der Waals surface area contributed by atoms with Crippen LogP contribution in [-0.4, -0.2) is 56.1 Å². The molecular weight excluding hydrogens is 360 g/mol. The van der Waals surface area contributed by atoms with E-state index >= 15 is 0 Å². The second kappa shape index (κ2) is 8.08. The summed E-state index contributed by atoms with van der Waals surface area (Å²) < 4.78 is 10.5. The molecule has 0 radical (unpaired) electrons. The average Bonchev–Trinajstić information content (AvgIpc) is 3.14. The molecule has 1 aromatic carbocycles. The second-order valence-corrected chi connectivity index (χ2v) is 7.08. The Hall–Kier alpha value is -1.76. The fourth-order valence-corrected chi connectivity index (χ4v) is 3.92. The number of halogens is 1. The van der Waals surface area contributed by atoms with Gasteiger partial charge in [-0.3, -0.25) is 9.69 Å². The maximum Gasteiger partial charge on any atom is 0.254 e. The van der Waals surface area contributed by atoms with E-state index in [-0.39, 0.29) is 5.91 Å². The van der Waals surface area contributed by atoms with E-state index in [1.807, 2.05) is 4.90 Å². The molecule has 0 aliphatic carbocycles. The van der Waals surface area contributed by atoms with Crippen LogP contribution in [0.5, 0.6) is 11.5 Å². The molecule has 1 amide bonds. The van der Waals surface area contributed by atoms with Gasteiger partial charge < -0.3 is 14.4 Å². The number of benzene rings is 1. The van der Waals surface area contributed by atoms with Crippen LogP contribution in [0.1, 0.15) is 15.9 Å². The quantitative estimate of drug-likeness (QED) is 0.797. The van der Waals surface area contributed by atoms with Crippen LogP contribution >= 0.6 is 22.9 Å². The van der Waals surface area contributed by atoms with Crippen molar-refractivity contribution >= 4 is 28.8 Å². The van der Waals surface area contributed by atoms with Crippen molar-refractivity contribution in [3.8, 4) is 11.5 Å². The molecule has 5 nitrogen and oxygen atoms in total. The van der Waals surface area contributed by atoms with Crippen molar-refractivity contribution in [1.82, 2.24) is 9.80 Å². The molecule has 1 aliphatic heterocycles. The minimum absolute atomic E-state index is 0.0296. The minimum Gasteiger partial charge on any atom is -0.493 e. The summed E-state index contributed by atoms with van der Waals surface area (Å²) in [4.78, 5) is 17.0. The first kappa shape index (κ1) is 18.0. The molecule has 1 fully saturated rings. The average molecular weight is 381 g/mol. The molecule has 0 atom stereocenters. The second-order valence-electron chi connectivity index (χ2n) is 5.89. The monoisotopic (exact) mass is 380 g/mol. The largest absolute Gasteiger partial charge is 0.493 e. The van der Waals surface area contributed by atoms with Gasteiger partial charge >= 0.3 is 0 Å². The molecule has 2 aromatic rings. The normalized spacial score (nSPS) is 15.2. The Morgan fingerprint density at radius 2 is 1.96 bits per heavy atom. The Labute approximate surface area is 156 Å². The number of amides is 1. The van der Waals surface area contributed by atoms with E-state index in [0.29, 0.717) is 35.2 Å². The summed E-state index contributed by atoms with van der Waals surface area (Å²) in [6, 6.07) is 5.47. The fourth-order valence-electron chi connectivity index (χ4n) is 2.97. The molecule has 0 N–H and O–H groups in total. The number of hydrogen-bond acceptors (Lipinski definition) is 5. The summed E-state index contributed by atoms with van der Waals surface area (Å²) in [6.07, 6.45) is 0. The minimum atomic E-state index is -0.0296. The van der Waals surface area contributed by atoms with Gasteiger partial charge in [-0.2, -0.15) is 11.3 Å². The third-order valence-electron chi connectivity index (χ3n) is 4.33. The standard InChI is InChI=1S/C18H21ClN2O3S/c1-23-16-10-14(9-15(19)17(16)24-2)18(22)21-6-4-20(5-7-21)11-13-3-8-25-12-13/h3,8-10,12H,4-7,11H2,1-2H3. The van der Waals surface area contributed by atoms with Gasteiger partial charge in [0.05, 0.1) is 19.2 Å². The number of carbonyl (C=O) groups is 1. The van der Waals surface area contributed by atoms with E-state index in [1.54, 1.807) is 23.5 Å². The number of carbonyl (C=O) groups excluding carboxylic acids is 1. The molecule has 0 unspecified atom stereocenters. The van der Waals surface area contributed by atoms with Gasteiger partial charge in [-0.25, -0.2) is 0 Å². The Kier molecular flexibility index (Phi) is 5.83. The number of rotatable bonds is 5. The molecule has 3 rings (SSSR count). The molecule has 2 heterocycles. The summed E-state index contributed by atoms with van der Waals surface area (Å²) in [5.41, 5.74) is 1.85. The van der Waals surface area contributed by atoms with Gasteiger partial charge in [-0.15, -0.1) is 0 Å². The zero-order valence-electron chi connectivity index (χ0n) is 14.3. The van der Waals surface area contributed by atoms with Crippen molar-refractivity contribution in [1.29, 1.82) is 0 Å². The SMILES string of the molecule is COc1cc(C(=O)N2CCN(Cc3ccsc3)CC2)cc(Cl)c1OC. The predicted octanol–water partition coefficient (Wildman–Crippen LogP) is 3.38. The van der Waals surface area contributed by atoms with Crippen molar-refractivity contribution in [3.63, 3.8) is 0 Å². The maximum atomic E-state index is 12.8. The number of nitrogens with zero attached hydrogens (tertiary/aromatic N) is 2. The molecular formula is C18H21ClN2O3S. The molecule has 1 aliphatic rings. The lowest BCUT2D eigenvalue weighted by atomic mass is 10.1. The Balaban J connectivity index is 1.65. The van der Waals surface area contributed by atoms with Gasteiger partial charge in [-0.05, 0) is 34.5 Å². The summed E-state index contributed by atoms with van der Waals surface area (Å²) in [7, 11) is 3.06. The molecule has 0 spiro atoms. The van der Waals surface area contributed by atoms with Crippen molar-refractivity contribution < 1.29 is 14.3 Å². The molecule has 0 saturated carbocycles. The number of hydrogen-bond donors (Lipinski definition) is 0. The van der Waals surface area contributed by atoms with Crippen LogP contribution in [-0.2, 0) is 6.54 Å². The Bertz CT molecular complexity index is 728. The van der Waals surface area contributed by atoms with Crippen molar-refractivity contribution in [2.24, 2.45) is 0 Å². The topological polar surface area (TPSA) is 42.0 Å². The molecule has 1 saturated heterocycles. The highest BCUT2D eigenvalue weighted by atomic mass is 35.5. The van der Waals surface area contributed by atoms with Crippen LogP contribution in [0.2, 0.25) is 5.02 Å². The number of methoxy groups -OCH3 is 2. The molecule has 0 bridgehead atoms. The van der Waals surface area contributed by atoms with E-state index in [0.717, 1.165) is 19.6 Å². The first-order valence-corrected chi connectivity index (χ1v) is 9.38. The van der Waals surface area contributed by atoms with Gasteiger partial charge in [-0.1, -0.05) is 11.6 Å². The van der Waals surface area contributed by atoms with Crippen LogP contribution in [0.25, 0.3) is 0 Å². The van der Waals surface area contributed by atoms with Gasteiger partial charge in [0.1, 0.15) is 0 Å². The third-order valence-corrected chi connectivity index (χ3v) is 5.34. The zero-order chi connectivity index (χ0) is 17.8. The fraction of sp³-hybridized carbons (Fsp3) is 0.389. The van der Waals surface area contributed by atoms with Crippen molar-refractivity contribution in [2.45, 2.75) is 6.54 Å². The summed E-state index contributed by atoms with van der Waals surface area (Å²) in [5, 5.41) is 4.64. The lowest BCUT2D eigenvalue weighted by molar-refractivity contribution is 0.0628. The van der Waals surface area contributed by atoms with Gasteiger partial charge in [0.25, 0.3) is 5.91 Å². The van der Waals surface area contributed by atoms with E-state index in [2.05, 4.69) is 21.7 Å². The van der Waals surface area contributed by atoms with Crippen LogP contribution in [0.4, 0.5) is 0 Å². The highest BCUT2D eigenvalue weighted by molar-refractivity contribution is 7.07. The number of thiophene rings is 1. The van der Waals surface area contributed by atoms with Crippen LogP contribution in [0.15, 0.2) is 29.0 Å². The van der Waals surface area contributed by atoms with E-state index in [1.165, 1.54) is 19.8 Å². The lowest BCUT2D eigenvalue weighted by Crippen LogP contribution is -2.48. The van der Waals surface area contributed by atoms with Crippen LogP contribution < -0.4 is 9.47 Å². The van der Waals surface area contributed by atoms with Crippen LogP contribution in [0.3, 0.4) is 0 Å². The van der Waals surface area contributed by atoms with Gasteiger partial charge in [0, 0.05) is 38.3 Å². The number of ether oxygens (including phenoxy) is 2. The van der Waals surface area contributed by atoms with Crippen LogP contribution in [0, 0.1) is 0 Å². The number of piperazine rings is 1. The summed E-state index contributed by atoms with van der Waals surface area (Å²) >= 11 is 7.93. The molecule has 25 heavy (non-hydrogen) atoms. The highest BCUT2D eigenvalue weighted by Gasteiger charge is 2.24.